The van der Waals surface area contributed by atoms with Crippen LogP contribution in [0.4, 0.5) is 4.39 Å². The normalized spacial score (nSPS) is 11.8. The van der Waals surface area contributed by atoms with Crippen molar-refractivity contribution in [2.24, 2.45) is 0 Å². The van der Waals surface area contributed by atoms with Crippen molar-refractivity contribution in [1.29, 1.82) is 0 Å². The third-order valence-electron chi connectivity index (χ3n) is 4.96. The lowest BCUT2D eigenvalue weighted by Crippen LogP contribution is -2.22. The Hall–Kier alpha value is -4.67. The minimum absolute atomic E-state index is 0.0122. The molecule has 0 radical (unpaired) electrons. The molecular weight excluding hydrogens is 479 g/mol. The summed E-state index contributed by atoms with van der Waals surface area (Å²) in [5, 5.41) is 9.04. The molecule has 0 bridgehead atoms. The van der Waals surface area contributed by atoms with Crippen LogP contribution in [0.1, 0.15) is 28.0 Å². The van der Waals surface area contributed by atoms with Crippen LogP contribution in [-0.4, -0.2) is 43.0 Å². The molecule has 0 aliphatic carbocycles. The monoisotopic (exact) mass is 498 g/mol. The Bertz CT molecular complexity index is 1570. The van der Waals surface area contributed by atoms with Gasteiger partial charge in [0.15, 0.2) is 17.0 Å². The molecular formula is C25H19FO10. The molecule has 10 nitrogen and oxygen atoms in total. The fourth-order valence-electron chi connectivity index (χ4n) is 3.41. The highest BCUT2D eigenvalue weighted by Gasteiger charge is 2.18. The number of esters is 1. The van der Waals surface area contributed by atoms with E-state index in [9.17, 15) is 23.6 Å². The topological polar surface area (TPSA) is 142 Å². The van der Waals surface area contributed by atoms with E-state index < -0.39 is 47.9 Å². The van der Waals surface area contributed by atoms with E-state index in [0.717, 1.165) is 12.1 Å². The van der Waals surface area contributed by atoms with Gasteiger partial charge in [0, 0.05) is 12.1 Å². The maximum atomic E-state index is 14.6. The van der Waals surface area contributed by atoms with Gasteiger partial charge in [-0.05, 0) is 31.2 Å². The molecule has 36 heavy (non-hydrogen) atoms. The molecule has 0 saturated heterocycles. The van der Waals surface area contributed by atoms with E-state index >= 15 is 0 Å². The Labute approximate surface area is 201 Å². The summed E-state index contributed by atoms with van der Waals surface area (Å²) in [5.41, 5.74) is -1.17. The molecule has 4 aromatic rings. The molecule has 2 heterocycles. The van der Waals surface area contributed by atoms with Gasteiger partial charge in [-0.3, -0.25) is 9.59 Å². The number of alkyl halides is 1. The Morgan fingerprint density at radius 1 is 0.889 bits per heavy atom. The van der Waals surface area contributed by atoms with Gasteiger partial charge in [-0.2, -0.15) is 0 Å². The number of carboxylic acid groups (broad SMARTS) is 1. The number of aromatic carboxylic acids is 1. The third kappa shape index (κ3) is 5.04. The summed E-state index contributed by atoms with van der Waals surface area (Å²) < 4.78 is 41.0. The molecule has 2 aromatic carbocycles. The van der Waals surface area contributed by atoms with Gasteiger partial charge in [-0.15, -0.1) is 0 Å². The highest BCUT2D eigenvalue weighted by Crippen LogP contribution is 2.25. The van der Waals surface area contributed by atoms with Crippen molar-refractivity contribution in [1.82, 2.24) is 0 Å². The van der Waals surface area contributed by atoms with Gasteiger partial charge in [-0.25, -0.2) is 14.0 Å². The molecule has 0 saturated carbocycles. The summed E-state index contributed by atoms with van der Waals surface area (Å²) in [6.45, 7) is 0.716. The standard InChI is InChI=1S/C25H19FO10/c1-2-32-25(31)21-10-15(28)23-17(6-4-8-19(23)36-21)34-12-13(26)11-33-16-5-3-7-18-22(16)14(27)9-20(35-18)24(29)30/h3-10,13H,2,11-12H2,1H3,(H,29,30). The first-order valence-corrected chi connectivity index (χ1v) is 10.7. The highest BCUT2D eigenvalue weighted by atomic mass is 19.1. The second-order valence-corrected chi connectivity index (χ2v) is 7.45. The molecule has 11 heteroatoms. The molecule has 0 spiro atoms. The minimum atomic E-state index is -1.67. The van der Waals surface area contributed by atoms with Gasteiger partial charge >= 0.3 is 11.9 Å². The zero-order valence-corrected chi connectivity index (χ0v) is 18.8. The summed E-state index contributed by atoms with van der Waals surface area (Å²) >= 11 is 0. The molecule has 1 unspecified atom stereocenters. The predicted octanol–water partition coefficient (Wildman–Crippen LogP) is 3.57. The number of hydrogen-bond donors (Lipinski definition) is 1. The van der Waals surface area contributed by atoms with E-state index in [-0.39, 0.29) is 45.8 Å². The van der Waals surface area contributed by atoms with E-state index in [4.69, 9.17) is 28.2 Å². The van der Waals surface area contributed by atoms with E-state index in [0.29, 0.717) is 0 Å². The molecule has 0 aliphatic heterocycles. The lowest BCUT2D eigenvalue weighted by Gasteiger charge is -2.14. The summed E-state index contributed by atoms with van der Waals surface area (Å²) in [6.07, 6.45) is -1.67. The van der Waals surface area contributed by atoms with Crippen LogP contribution in [0.3, 0.4) is 0 Å². The van der Waals surface area contributed by atoms with Crippen LogP contribution in [0.5, 0.6) is 11.5 Å². The number of rotatable bonds is 9. The molecule has 0 amide bonds. The average Bonchev–Trinajstić information content (AvgIpc) is 2.85. The first kappa shape index (κ1) is 24.5. The predicted molar refractivity (Wildman–Crippen MR) is 124 cm³/mol. The SMILES string of the molecule is CCOC(=O)c1cc(=O)c2c(OCC(F)COc3cccc4oc(C(=O)O)cc(=O)c34)cccc2o1. The van der Waals surface area contributed by atoms with Gasteiger partial charge < -0.3 is 28.2 Å². The van der Waals surface area contributed by atoms with Crippen LogP contribution in [0.25, 0.3) is 21.9 Å². The number of fused-ring (bicyclic) bond motifs is 2. The number of benzene rings is 2. The summed E-state index contributed by atoms with van der Waals surface area (Å²) in [5.74, 6) is -2.93. The second kappa shape index (κ2) is 10.3. The summed E-state index contributed by atoms with van der Waals surface area (Å²) in [6, 6.07) is 10.5. The van der Waals surface area contributed by atoms with E-state index in [2.05, 4.69) is 0 Å². The van der Waals surface area contributed by atoms with Crippen LogP contribution < -0.4 is 20.3 Å². The number of carboxylic acids is 1. The third-order valence-corrected chi connectivity index (χ3v) is 4.96. The molecule has 1 atom stereocenters. The number of hydrogen-bond acceptors (Lipinski definition) is 9. The van der Waals surface area contributed by atoms with E-state index in [1.54, 1.807) is 6.92 Å². The van der Waals surface area contributed by atoms with Gasteiger partial charge in [0.25, 0.3) is 0 Å². The van der Waals surface area contributed by atoms with Gasteiger partial charge in [0.05, 0.1) is 6.61 Å². The largest absolute Gasteiger partial charge is 0.489 e. The van der Waals surface area contributed by atoms with Crippen LogP contribution in [0.2, 0.25) is 0 Å². The zero-order chi connectivity index (χ0) is 25.8. The molecule has 2 aromatic heterocycles. The van der Waals surface area contributed by atoms with Crippen molar-refractivity contribution < 1.29 is 42.1 Å². The highest BCUT2D eigenvalue weighted by molar-refractivity contribution is 5.91. The maximum Gasteiger partial charge on any atom is 0.374 e. The number of carbonyl (C=O) groups is 2. The van der Waals surface area contributed by atoms with Gasteiger partial charge in [0.2, 0.25) is 11.5 Å². The zero-order valence-electron chi connectivity index (χ0n) is 18.8. The lowest BCUT2D eigenvalue weighted by atomic mass is 10.2. The van der Waals surface area contributed by atoms with Crippen molar-refractivity contribution >= 4 is 33.9 Å². The Morgan fingerprint density at radius 3 is 1.89 bits per heavy atom. The minimum Gasteiger partial charge on any atom is -0.489 e. The van der Waals surface area contributed by atoms with Crippen molar-refractivity contribution in [3.05, 3.63) is 80.5 Å². The van der Waals surface area contributed by atoms with Crippen LogP contribution in [-0.2, 0) is 4.74 Å². The Balaban J connectivity index is 1.48. The summed E-state index contributed by atoms with van der Waals surface area (Å²) in [4.78, 5) is 47.9. The molecule has 1 N–H and O–H groups in total. The van der Waals surface area contributed by atoms with Crippen molar-refractivity contribution in [3.63, 3.8) is 0 Å². The van der Waals surface area contributed by atoms with Gasteiger partial charge in [0.1, 0.15) is 46.7 Å². The van der Waals surface area contributed by atoms with Crippen LogP contribution >= 0.6 is 0 Å². The first-order chi connectivity index (χ1) is 17.3. The number of halogens is 1. The van der Waals surface area contributed by atoms with E-state index in [1.165, 1.54) is 36.4 Å². The molecule has 186 valence electrons. The number of ether oxygens (including phenoxy) is 3. The van der Waals surface area contributed by atoms with Crippen LogP contribution in [0, 0.1) is 0 Å². The summed E-state index contributed by atoms with van der Waals surface area (Å²) in [7, 11) is 0. The maximum absolute atomic E-state index is 14.6. The fraction of sp³-hybridized carbons (Fsp3) is 0.200. The van der Waals surface area contributed by atoms with Crippen molar-refractivity contribution in [3.8, 4) is 11.5 Å². The average molecular weight is 498 g/mol. The van der Waals surface area contributed by atoms with E-state index in [1.807, 2.05) is 0 Å². The number of carbonyl (C=O) groups excluding carboxylic acids is 1. The second-order valence-electron chi connectivity index (χ2n) is 7.45. The van der Waals surface area contributed by atoms with Crippen molar-refractivity contribution in [2.45, 2.75) is 13.1 Å². The van der Waals surface area contributed by atoms with Crippen molar-refractivity contribution in [2.75, 3.05) is 19.8 Å². The quantitative estimate of drug-likeness (QED) is 0.340. The molecule has 0 aliphatic rings. The van der Waals surface area contributed by atoms with Gasteiger partial charge in [-0.1, -0.05) is 12.1 Å². The first-order valence-electron chi connectivity index (χ1n) is 10.7. The Kier molecular flexibility index (Phi) is 7.00. The fourth-order valence-corrected chi connectivity index (χ4v) is 3.41. The lowest BCUT2D eigenvalue weighted by molar-refractivity contribution is 0.0490. The smallest absolute Gasteiger partial charge is 0.374 e. The molecule has 0 fully saturated rings. The Morgan fingerprint density at radius 2 is 1.39 bits per heavy atom. The molecule has 4 rings (SSSR count). The van der Waals surface area contributed by atoms with Crippen LogP contribution in [0.15, 0.2) is 67.0 Å².